The van der Waals surface area contributed by atoms with Crippen LogP contribution >= 0.6 is 11.3 Å². The molecule has 5 heteroatoms. The lowest BCUT2D eigenvalue weighted by atomic mass is 10.1. The average molecular weight is 378 g/mol. The number of aromatic nitrogens is 4. The van der Waals surface area contributed by atoms with Crippen molar-refractivity contribution in [2.75, 3.05) is 0 Å². The van der Waals surface area contributed by atoms with Crippen molar-refractivity contribution in [1.82, 2.24) is 19.5 Å². The van der Waals surface area contributed by atoms with E-state index in [-0.39, 0.29) is 0 Å². The molecule has 6 rings (SSSR count). The van der Waals surface area contributed by atoms with Crippen molar-refractivity contribution in [3.8, 4) is 17.1 Å². The van der Waals surface area contributed by atoms with Crippen molar-refractivity contribution >= 4 is 43.2 Å². The Bertz CT molecular complexity index is 1450. The first-order valence-corrected chi connectivity index (χ1v) is 9.90. The zero-order valence-corrected chi connectivity index (χ0v) is 15.6. The lowest BCUT2D eigenvalue weighted by Gasteiger charge is -2.08. The monoisotopic (exact) mass is 378 g/mol. The van der Waals surface area contributed by atoms with E-state index in [4.69, 9.17) is 0 Å². The maximum Gasteiger partial charge on any atom is 0.159 e. The van der Waals surface area contributed by atoms with Gasteiger partial charge >= 0.3 is 0 Å². The van der Waals surface area contributed by atoms with Crippen LogP contribution in [-0.4, -0.2) is 19.5 Å². The van der Waals surface area contributed by atoms with Crippen LogP contribution in [0.1, 0.15) is 0 Å². The van der Waals surface area contributed by atoms with Gasteiger partial charge < -0.3 is 4.57 Å². The van der Waals surface area contributed by atoms with E-state index >= 15 is 0 Å². The second kappa shape index (κ2) is 5.97. The molecule has 2 aromatic carbocycles. The van der Waals surface area contributed by atoms with Crippen LogP contribution in [0.3, 0.4) is 0 Å². The largest absolute Gasteiger partial charge is 0.305 e. The van der Waals surface area contributed by atoms with Gasteiger partial charge in [-0.1, -0.05) is 30.3 Å². The van der Waals surface area contributed by atoms with Crippen LogP contribution < -0.4 is 0 Å². The normalized spacial score (nSPS) is 11.6. The van der Waals surface area contributed by atoms with E-state index in [1.807, 2.05) is 24.5 Å². The Morgan fingerprint density at radius 2 is 1.61 bits per heavy atom. The zero-order valence-electron chi connectivity index (χ0n) is 14.8. The van der Waals surface area contributed by atoms with E-state index < -0.39 is 0 Å². The van der Waals surface area contributed by atoms with Crippen molar-refractivity contribution in [3.05, 3.63) is 84.8 Å². The molecule has 28 heavy (non-hydrogen) atoms. The summed E-state index contributed by atoms with van der Waals surface area (Å²) in [5, 5.41) is 5.90. The Labute approximate surface area is 164 Å². The van der Waals surface area contributed by atoms with Gasteiger partial charge in [0.05, 0.1) is 33.8 Å². The van der Waals surface area contributed by atoms with Crippen LogP contribution in [0.25, 0.3) is 49.0 Å². The first-order valence-electron chi connectivity index (χ1n) is 9.02. The average Bonchev–Trinajstić information content (AvgIpc) is 3.37. The van der Waals surface area contributed by atoms with E-state index in [0.717, 1.165) is 11.3 Å². The molecular formula is C23H14N4S. The molecule has 0 radical (unpaired) electrons. The summed E-state index contributed by atoms with van der Waals surface area (Å²) in [5.74, 6) is 0.702. The minimum atomic E-state index is 0.702. The van der Waals surface area contributed by atoms with Crippen LogP contribution in [0, 0.1) is 0 Å². The fraction of sp³-hybridized carbons (Fsp3) is 0. The molecule has 4 heterocycles. The summed E-state index contributed by atoms with van der Waals surface area (Å²) in [6, 6.07) is 18.9. The zero-order chi connectivity index (χ0) is 18.5. The third-order valence-electron chi connectivity index (χ3n) is 5.09. The van der Waals surface area contributed by atoms with Gasteiger partial charge in [-0.05, 0) is 35.0 Å². The minimum Gasteiger partial charge on any atom is -0.305 e. The van der Waals surface area contributed by atoms with Gasteiger partial charge in [-0.2, -0.15) is 0 Å². The van der Waals surface area contributed by atoms with Gasteiger partial charge in [0.2, 0.25) is 0 Å². The highest BCUT2D eigenvalue weighted by Crippen LogP contribution is 2.38. The molecule has 4 aromatic heterocycles. The van der Waals surface area contributed by atoms with Crippen molar-refractivity contribution in [1.29, 1.82) is 0 Å². The number of hydrogen-bond donors (Lipinski definition) is 0. The molecule has 4 nitrogen and oxygen atoms in total. The summed E-state index contributed by atoms with van der Waals surface area (Å²) in [6.07, 6.45) is 7.32. The third kappa shape index (κ3) is 2.20. The first-order chi connectivity index (χ1) is 13.9. The Balaban J connectivity index is 1.66. The summed E-state index contributed by atoms with van der Waals surface area (Å²) in [4.78, 5) is 13.3. The number of pyridine rings is 1. The summed E-state index contributed by atoms with van der Waals surface area (Å²) in [5.41, 5.74) is 4.31. The standard InChI is InChI=1S/C23H14N4S/c1-2-4-20-18(3-1)19-6-5-15-9-12-28-22(15)21(19)27(20)17-13-25-23(26-14-17)16-7-10-24-11-8-16/h1-14H. The molecule has 0 unspecified atom stereocenters. The number of fused-ring (bicyclic) bond motifs is 5. The Morgan fingerprint density at radius 3 is 2.46 bits per heavy atom. The Kier molecular flexibility index (Phi) is 3.30. The van der Waals surface area contributed by atoms with Crippen molar-refractivity contribution in [3.63, 3.8) is 0 Å². The molecule has 132 valence electrons. The van der Waals surface area contributed by atoms with Crippen molar-refractivity contribution in [2.24, 2.45) is 0 Å². The predicted molar refractivity (Wildman–Crippen MR) is 115 cm³/mol. The SMILES string of the molecule is c1ccc2c(c1)c1ccc3ccsc3c1n2-c1cnc(-c2ccncc2)nc1. The van der Waals surface area contributed by atoms with E-state index in [1.165, 1.54) is 31.9 Å². The second-order valence-electron chi connectivity index (χ2n) is 6.65. The van der Waals surface area contributed by atoms with Crippen LogP contribution in [0.2, 0.25) is 0 Å². The number of para-hydroxylation sites is 1. The highest BCUT2D eigenvalue weighted by molar-refractivity contribution is 7.18. The van der Waals surface area contributed by atoms with E-state index in [1.54, 1.807) is 23.7 Å². The van der Waals surface area contributed by atoms with E-state index in [9.17, 15) is 0 Å². The molecule has 0 aliphatic rings. The lowest BCUT2D eigenvalue weighted by Crippen LogP contribution is -1.98. The number of nitrogens with zero attached hydrogens (tertiary/aromatic N) is 4. The van der Waals surface area contributed by atoms with Gasteiger partial charge in [0, 0.05) is 28.7 Å². The second-order valence-corrected chi connectivity index (χ2v) is 7.57. The van der Waals surface area contributed by atoms with Crippen LogP contribution in [-0.2, 0) is 0 Å². The topological polar surface area (TPSA) is 43.6 Å². The molecule has 0 atom stereocenters. The van der Waals surface area contributed by atoms with E-state index in [0.29, 0.717) is 5.82 Å². The van der Waals surface area contributed by atoms with E-state index in [2.05, 4.69) is 67.4 Å². The Hall–Kier alpha value is -3.57. The fourth-order valence-electron chi connectivity index (χ4n) is 3.83. The summed E-state index contributed by atoms with van der Waals surface area (Å²) < 4.78 is 3.56. The van der Waals surface area contributed by atoms with Gasteiger partial charge in [0.15, 0.2) is 5.82 Å². The molecule has 0 spiro atoms. The summed E-state index contributed by atoms with van der Waals surface area (Å²) in [6.45, 7) is 0. The summed E-state index contributed by atoms with van der Waals surface area (Å²) >= 11 is 1.77. The molecule has 0 bridgehead atoms. The van der Waals surface area contributed by atoms with Crippen molar-refractivity contribution < 1.29 is 0 Å². The van der Waals surface area contributed by atoms with Gasteiger partial charge in [0.1, 0.15) is 0 Å². The highest BCUT2D eigenvalue weighted by atomic mass is 32.1. The van der Waals surface area contributed by atoms with Gasteiger partial charge in [-0.15, -0.1) is 11.3 Å². The number of thiophene rings is 1. The molecule has 0 fully saturated rings. The maximum atomic E-state index is 4.63. The minimum absolute atomic E-state index is 0.702. The molecule has 0 amide bonds. The molecule has 0 aliphatic heterocycles. The van der Waals surface area contributed by atoms with Gasteiger partial charge in [0.25, 0.3) is 0 Å². The Morgan fingerprint density at radius 1 is 0.786 bits per heavy atom. The van der Waals surface area contributed by atoms with Crippen LogP contribution in [0.4, 0.5) is 0 Å². The first kappa shape index (κ1) is 15.5. The molecular weight excluding hydrogens is 364 g/mol. The molecule has 0 saturated carbocycles. The number of rotatable bonds is 2. The smallest absolute Gasteiger partial charge is 0.159 e. The predicted octanol–water partition coefficient (Wildman–Crippen LogP) is 5.85. The highest BCUT2D eigenvalue weighted by Gasteiger charge is 2.16. The number of benzene rings is 2. The third-order valence-corrected chi connectivity index (χ3v) is 6.03. The lowest BCUT2D eigenvalue weighted by molar-refractivity contribution is 1.08. The molecule has 0 N–H and O–H groups in total. The molecule has 0 saturated heterocycles. The fourth-order valence-corrected chi connectivity index (χ4v) is 4.76. The van der Waals surface area contributed by atoms with Gasteiger partial charge in [-0.25, -0.2) is 9.97 Å². The summed E-state index contributed by atoms with van der Waals surface area (Å²) in [7, 11) is 0. The number of hydrogen-bond acceptors (Lipinski definition) is 4. The van der Waals surface area contributed by atoms with Crippen LogP contribution in [0.5, 0.6) is 0 Å². The molecule has 6 aromatic rings. The van der Waals surface area contributed by atoms with Crippen molar-refractivity contribution in [2.45, 2.75) is 0 Å². The quantitative estimate of drug-likeness (QED) is 0.379. The van der Waals surface area contributed by atoms with Gasteiger partial charge in [-0.3, -0.25) is 4.98 Å². The molecule has 0 aliphatic carbocycles. The van der Waals surface area contributed by atoms with Crippen LogP contribution in [0.15, 0.2) is 84.8 Å². The maximum absolute atomic E-state index is 4.63.